The largest absolute Gasteiger partial charge is 0.390 e. The van der Waals surface area contributed by atoms with Crippen LogP contribution in [0.1, 0.15) is 6.42 Å². The van der Waals surface area contributed by atoms with Crippen molar-refractivity contribution in [3.8, 4) is 0 Å². The van der Waals surface area contributed by atoms with Gasteiger partial charge in [0.15, 0.2) is 0 Å². The number of nitrogens with zero attached hydrogens (tertiary/aromatic N) is 1. The minimum Gasteiger partial charge on any atom is -0.326 e. The van der Waals surface area contributed by atoms with Gasteiger partial charge in [0.25, 0.3) is 0 Å². The van der Waals surface area contributed by atoms with E-state index in [1.165, 1.54) is 0 Å². The smallest absolute Gasteiger partial charge is 0.326 e. The minimum absolute atomic E-state index is 0.263. The average Bonchev–Trinajstić information content (AvgIpc) is 1.53. The lowest BCUT2D eigenvalue weighted by Gasteiger charge is -2.17. The van der Waals surface area contributed by atoms with Crippen LogP contribution in [0.25, 0.3) is 0 Å². The summed E-state index contributed by atoms with van der Waals surface area (Å²) in [4.78, 5) is 1.64. The highest BCUT2D eigenvalue weighted by atomic mass is 19.4. The predicted molar refractivity (Wildman–Crippen MR) is 37.2 cm³/mol. The molecule has 0 bridgehead atoms. The number of halogens is 3. The summed E-state index contributed by atoms with van der Waals surface area (Å²) in [5, 5.41) is 0. The van der Waals surface area contributed by atoms with Crippen LogP contribution in [0.5, 0.6) is 0 Å². The maximum atomic E-state index is 11.7. The molecule has 0 aromatic rings. The van der Waals surface area contributed by atoms with Gasteiger partial charge in [0.05, 0.1) is 6.42 Å². The highest BCUT2D eigenvalue weighted by Crippen LogP contribution is 2.20. The van der Waals surface area contributed by atoms with E-state index in [-0.39, 0.29) is 6.54 Å². The number of hydrogen-bond donors (Lipinski definition) is 1. The van der Waals surface area contributed by atoms with Gasteiger partial charge in [-0.2, -0.15) is 13.2 Å². The van der Waals surface area contributed by atoms with Gasteiger partial charge in [-0.1, -0.05) is 0 Å². The summed E-state index contributed by atoms with van der Waals surface area (Å²) < 4.78 is 35.0. The third-order valence-corrected chi connectivity index (χ3v) is 1.09. The molecular weight excluding hydrogens is 157 g/mol. The Morgan fingerprint density at radius 2 is 1.82 bits per heavy atom. The quantitative estimate of drug-likeness (QED) is 0.679. The molecule has 0 aliphatic rings. The topological polar surface area (TPSA) is 29.3 Å². The van der Waals surface area contributed by atoms with Crippen molar-refractivity contribution >= 4 is 0 Å². The molecule has 2 N–H and O–H groups in total. The maximum absolute atomic E-state index is 11.7. The third kappa shape index (κ3) is 7.61. The Labute approximate surface area is 64.2 Å². The molecule has 2 nitrogen and oxygen atoms in total. The standard InChI is InChI=1S/C6H13F3N2/c1-11(2)4-5(10)3-6(7,8)9/h5H,3-4,10H2,1-2H3. The van der Waals surface area contributed by atoms with Gasteiger partial charge < -0.3 is 10.6 Å². The molecule has 0 fully saturated rings. The van der Waals surface area contributed by atoms with Crippen LogP contribution in [0.2, 0.25) is 0 Å². The molecule has 1 atom stereocenters. The fraction of sp³-hybridized carbons (Fsp3) is 1.00. The zero-order chi connectivity index (χ0) is 9.07. The van der Waals surface area contributed by atoms with Crippen molar-refractivity contribution in [3.05, 3.63) is 0 Å². The molecule has 0 aromatic carbocycles. The monoisotopic (exact) mass is 170 g/mol. The Bertz CT molecular complexity index is 111. The molecule has 0 saturated heterocycles. The number of rotatable bonds is 3. The Kier molecular flexibility index (Phi) is 3.82. The van der Waals surface area contributed by atoms with Crippen LogP contribution < -0.4 is 5.73 Å². The zero-order valence-corrected chi connectivity index (χ0v) is 6.65. The number of nitrogens with two attached hydrogens (primary N) is 1. The van der Waals surface area contributed by atoms with Crippen LogP contribution in [0.4, 0.5) is 13.2 Å². The number of hydrogen-bond acceptors (Lipinski definition) is 2. The van der Waals surface area contributed by atoms with Gasteiger partial charge in [0.2, 0.25) is 0 Å². The summed E-state index contributed by atoms with van der Waals surface area (Å²) in [5.41, 5.74) is 5.20. The Morgan fingerprint density at radius 1 is 1.36 bits per heavy atom. The fourth-order valence-electron chi connectivity index (χ4n) is 0.831. The SMILES string of the molecule is CN(C)CC(N)CC(F)(F)F. The van der Waals surface area contributed by atoms with Gasteiger partial charge in [0, 0.05) is 12.6 Å². The second-order valence-electron chi connectivity index (χ2n) is 2.84. The average molecular weight is 170 g/mol. The third-order valence-electron chi connectivity index (χ3n) is 1.09. The molecule has 0 spiro atoms. The summed E-state index contributed by atoms with van der Waals surface area (Å²) in [5.74, 6) is 0. The van der Waals surface area contributed by atoms with E-state index in [1.54, 1.807) is 19.0 Å². The van der Waals surface area contributed by atoms with Gasteiger partial charge in [-0.3, -0.25) is 0 Å². The summed E-state index contributed by atoms with van der Waals surface area (Å²) in [6.07, 6.45) is -5.05. The predicted octanol–water partition coefficient (Wildman–Crippen LogP) is 0.828. The van der Waals surface area contributed by atoms with Crippen molar-refractivity contribution in [3.63, 3.8) is 0 Å². The van der Waals surface area contributed by atoms with Crippen molar-refractivity contribution in [2.45, 2.75) is 18.6 Å². The van der Waals surface area contributed by atoms with E-state index in [1.807, 2.05) is 0 Å². The molecule has 11 heavy (non-hydrogen) atoms. The molecule has 0 aliphatic heterocycles. The lowest BCUT2D eigenvalue weighted by Crippen LogP contribution is -2.36. The highest BCUT2D eigenvalue weighted by Gasteiger charge is 2.30. The van der Waals surface area contributed by atoms with Gasteiger partial charge in [-0.25, -0.2) is 0 Å². The van der Waals surface area contributed by atoms with Gasteiger partial charge >= 0.3 is 6.18 Å². The number of likely N-dealkylation sites (N-methyl/N-ethyl adjacent to an activating group) is 1. The van der Waals surface area contributed by atoms with Crippen molar-refractivity contribution in [2.75, 3.05) is 20.6 Å². The van der Waals surface area contributed by atoms with E-state index in [9.17, 15) is 13.2 Å². The summed E-state index contributed by atoms with van der Waals surface area (Å²) in [7, 11) is 3.38. The van der Waals surface area contributed by atoms with E-state index >= 15 is 0 Å². The van der Waals surface area contributed by atoms with Crippen LogP contribution in [0, 0.1) is 0 Å². The van der Waals surface area contributed by atoms with Gasteiger partial charge in [0.1, 0.15) is 0 Å². The molecule has 68 valence electrons. The summed E-state index contributed by atoms with van der Waals surface area (Å²) >= 11 is 0. The van der Waals surface area contributed by atoms with Crippen molar-refractivity contribution in [2.24, 2.45) is 5.73 Å². The van der Waals surface area contributed by atoms with Crippen LogP contribution in [0.15, 0.2) is 0 Å². The normalized spacial score (nSPS) is 15.5. The maximum Gasteiger partial charge on any atom is 0.390 e. The molecule has 0 aliphatic carbocycles. The van der Waals surface area contributed by atoms with Crippen molar-refractivity contribution in [1.29, 1.82) is 0 Å². The van der Waals surface area contributed by atoms with Crippen LogP contribution >= 0.6 is 0 Å². The molecule has 0 rings (SSSR count). The number of alkyl halides is 3. The Balaban J connectivity index is 3.61. The molecule has 0 saturated carbocycles. The first kappa shape index (κ1) is 10.7. The van der Waals surface area contributed by atoms with Crippen molar-refractivity contribution in [1.82, 2.24) is 4.90 Å². The molecule has 0 amide bonds. The molecule has 1 unspecified atom stereocenters. The second kappa shape index (κ2) is 3.92. The minimum atomic E-state index is -4.14. The van der Waals surface area contributed by atoms with E-state index < -0.39 is 18.6 Å². The second-order valence-corrected chi connectivity index (χ2v) is 2.84. The van der Waals surface area contributed by atoms with E-state index in [4.69, 9.17) is 5.73 Å². The lowest BCUT2D eigenvalue weighted by molar-refractivity contribution is -0.138. The van der Waals surface area contributed by atoms with Gasteiger partial charge in [-0.15, -0.1) is 0 Å². The molecular formula is C6H13F3N2. The van der Waals surface area contributed by atoms with Crippen LogP contribution in [-0.2, 0) is 0 Å². The van der Waals surface area contributed by atoms with E-state index in [0.29, 0.717) is 0 Å². The van der Waals surface area contributed by atoms with Crippen LogP contribution in [0.3, 0.4) is 0 Å². The molecule has 5 heteroatoms. The van der Waals surface area contributed by atoms with Gasteiger partial charge in [-0.05, 0) is 14.1 Å². The van der Waals surface area contributed by atoms with E-state index in [0.717, 1.165) is 0 Å². The molecule has 0 aromatic heterocycles. The Morgan fingerprint density at radius 3 is 2.09 bits per heavy atom. The summed E-state index contributed by atoms with van der Waals surface area (Å²) in [6, 6.07) is -0.815. The van der Waals surface area contributed by atoms with E-state index in [2.05, 4.69) is 0 Å². The highest BCUT2D eigenvalue weighted by molar-refractivity contribution is 4.68. The van der Waals surface area contributed by atoms with Crippen LogP contribution in [-0.4, -0.2) is 37.8 Å². The van der Waals surface area contributed by atoms with Crippen molar-refractivity contribution < 1.29 is 13.2 Å². The first-order valence-electron chi connectivity index (χ1n) is 3.28. The first-order valence-corrected chi connectivity index (χ1v) is 3.28. The molecule has 0 radical (unpaired) electrons. The fourth-order valence-corrected chi connectivity index (χ4v) is 0.831. The Hall–Kier alpha value is -0.290. The molecule has 0 heterocycles. The first-order chi connectivity index (χ1) is 4.81. The summed E-state index contributed by atoms with van der Waals surface area (Å²) in [6.45, 7) is 0.263. The lowest BCUT2D eigenvalue weighted by atomic mass is 10.2. The zero-order valence-electron chi connectivity index (χ0n) is 6.65.